The third-order valence-electron chi connectivity index (χ3n) is 4.44. The van der Waals surface area contributed by atoms with Crippen molar-refractivity contribution in [3.05, 3.63) is 23.7 Å². The number of likely N-dealkylation sites (N-methyl/N-ethyl adjacent to an activating group) is 2. The maximum atomic E-state index is 12.3. The molecule has 0 saturated heterocycles. The highest BCUT2D eigenvalue weighted by atomic mass is 16.3. The van der Waals surface area contributed by atoms with Crippen LogP contribution in [0.1, 0.15) is 37.2 Å². The number of nitrogens with zero attached hydrogens (tertiary/aromatic N) is 2. The number of hydrogen-bond acceptors (Lipinski definition) is 4. The molecule has 0 spiro atoms. The number of carbonyl (C=O) groups excluding carboxylic acids is 1. The van der Waals surface area contributed by atoms with E-state index >= 15 is 0 Å². The fourth-order valence-electron chi connectivity index (χ4n) is 3.11. The van der Waals surface area contributed by atoms with Crippen molar-refractivity contribution < 1.29 is 14.3 Å². The first-order valence-electron chi connectivity index (χ1n) is 8.11. The summed E-state index contributed by atoms with van der Waals surface area (Å²) < 4.78 is 5.50. The maximum Gasteiger partial charge on any atom is 0.236 e. The highest BCUT2D eigenvalue weighted by Crippen LogP contribution is 2.24. The van der Waals surface area contributed by atoms with Crippen LogP contribution in [0.4, 0.5) is 0 Å². The molecule has 1 aromatic heterocycles. The molecule has 5 nitrogen and oxygen atoms in total. The van der Waals surface area contributed by atoms with Gasteiger partial charge in [-0.05, 0) is 44.9 Å². The summed E-state index contributed by atoms with van der Waals surface area (Å²) in [6.45, 7) is 3.54. The Morgan fingerprint density at radius 2 is 2.05 bits per heavy atom. The van der Waals surface area contributed by atoms with E-state index in [1.807, 2.05) is 31.0 Å². The van der Waals surface area contributed by atoms with Gasteiger partial charge in [-0.15, -0.1) is 0 Å². The molecule has 1 aliphatic rings. The number of furan rings is 1. The molecule has 2 unspecified atom stereocenters. The zero-order chi connectivity index (χ0) is 16.1. The molecule has 1 fully saturated rings. The minimum Gasteiger partial charge on any atom is -0.464 e. The fraction of sp³-hybridized carbons (Fsp3) is 0.706. The molecule has 0 radical (unpaired) electrons. The van der Waals surface area contributed by atoms with E-state index in [0.29, 0.717) is 19.0 Å². The van der Waals surface area contributed by atoms with E-state index in [9.17, 15) is 9.90 Å². The molecule has 1 aromatic rings. The maximum absolute atomic E-state index is 12.3. The lowest BCUT2D eigenvalue weighted by Crippen LogP contribution is -2.41. The van der Waals surface area contributed by atoms with Gasteiger partial charge in [-0.2, -0.15) is 0 Å². The molecule has 124 valence electrons. The van der Waals surface area contributed by atoms with Gasteiger partial charge >= 0.3 is 0 Å². The lowest BCUT2D eigenvalue weighted by molar-refractivity contribution is -0.131. The van der Waals surface area contributed by atoms with E-state index in [0.717, 1.165) is 37.3 Å². The van der Waals surface area contributed by atoms with Crippen LogP contribution in [0.3, 0.4) is 0 Å². The second-order valence-corrected chi connectivity index (χ2v) is 6.57. The van der Waals surface area contributed by atoms with Crippen LogP contribution in [0.5, 0.6) is 0 Å². The molecule has 1 heterocycles. The van der Waals surface area contributed by atoms with Crippen molar-refractivity contribution in [2.24, 2.45) is 5.92 Å². The minimum absolute atomic E-state index is 0.0712. The summed E-state index contributed by atoms with van der Waals surface area (Å²) in [5, 5.41) is 10.0. The van der Waals surface area contributed by atoms with Gasteiger partial charge in [0.05, 0.1) is 19.2 Å². The molecule has 2 atom stereocenters. The lowest BCUT2D eigenvalue weighted by atomic mass is 9.86. The van der Waals surface area contributed by atoms with Crippen molar-refractivity contribution in [3.63, 3.8) is 0 Å². The Balaban J connectivity index is 1.77. The van der Waals surface area contributed by atoms with Crippen LogP contribution < -0.4 is 0 Å². The number of amides is 1. The van der Waals surface area contributed by atoms with Gasteiger partial charge in [-0.1, -0.05) is 12.8 Å². The molecule has 22 heavy (non-hydrogen) atoms. The number of aliphatic hydroxyl groups excluding tert-OH is 1. The van der Waals surface area contributed by atoms with Crippen molar-refractivity contribution in [2.45, 2.75) is 45.3 Å². The van der Waals surface area contributed by atoms with Crippen molar-refractivity contribution in [1.82, 2.24) is 9.80 Å². The Bertz CT molecular complexity index is 486. The molecule has 1 amide bonds. The monoisotopic (exact) mass is 308 g/mol. The summed E-state index contributed by atoms with van der Waals surface area (Å²) in [6.07, 6.45) is 4.04. The summed E-state index contributed by atoms with van der Waals surface area (Å²) in [6, 6.07) is 3.81. The topological polar surface area (TPSA) is 56.9 Å². The fourth-order valence-corrected chi connectivity index (χ4v) is 3.11. The Hall–Kier alpha value is -1.33. The Kier molecular flexibility index (Phi) is 6.03. The molecule has 1 aliphatic carbocycles. The minimum atomic E-state index is -0.213. The largest absolute Gasteiger partial charge is 0.464 e. The summed E-state index contributed by atoms with van der Waals surface area (Å²) in [5.41, 5.74) is 0. The molecule has 2 rings (SSSR count). The van der Waals surface area contributed by atoms with Crippen LogP contribution in [-0.4, -0.2) is 54.1 Å². The third-order valence-corrected chi connectivity index (χ3v) is 4.44. The third kappa shape index (κ3) is 4.85. The van der Waals surface area contributed by atoms with Crippen molar-refractivity contribution in [3.8, 4) is 0 Å². The van der Waals surface area contributed by atoms with E-state index in [1.165, 1.54) is 6.42 Å². The standard InChI is InChI=1S/C17H28N2O3/c1-13-8-9-15(22-13)11-19(3)17(21)12-18(2)10-14-6-4-5-7-16(14)20/h8-9,14,16,20H,4-7,10-12H2,1-3H3. The molecule has 5 heteroatoms. The molecular weight excluding hydrogens is 280 g/mol. The average molecular weight is 308 g/mol. The average Bonchev–Trinajstić information content (AvgIpc) is 2.86. The molecular formula is C17H28N2O3. The lowest BCUT2D eigenvalue weighted by Gasteiger charge is -2.31. The van der Waals surface area contributed by atoms with E-state index in [1.54, 1.807) is 11.9 Å². The molecule has 1 saturated carbocycles. The first kappa shape index (κ1) is 17.0. The van der Waals surface area contributed by atoms with Gasteiger partial charge in [0, 0.05) is 13.6 Å². The van der Waals surface area contributed by atoms with Gasteiger partial charge in [-0.3, -0.25) is 9.69 Å². The Morgan fingerprint density at radius 3 is 2.68 bits per heavy atom. The molecule has 0 bridgehead atoms. The van der Waals surface area contributed by atoms with Gasteiger partial charge in [0.15, 0.2) is 0 Å². The quantitative estimate of drug-likeness (QED) is 0.873. The summed E-state index contributed by atoms with van der Waals surface area (Å²) in [4.78, 5) is 16.0. The van der Waals surface area contributed by atoms with Crippen LogP contribution in [0, 0.1) is 12.8 Å². The Morgan fingerprint density at radius 1 is 1.32 bits per heavy atom. The van der Waals surface area contributed by atoms with Crippen molar-refractivity contribution >= 4 is 5.91 Å². The number of carbonyl (C=O) groups is 1. The van der Waals surface area contributed by atoms with E-state index < -0.39 is 0 Å². The molecule has 1 N–H and O–H groups in total. The normalized spacial score (nSPS) is 22.0. The highest BCUT2D eigenvalue weighted by molar-refractivity contribution is 5.77. The van der Waals surface area contributed by atoms with Crippen LogP contribution in [-0.2, 0) is 11.3 Å². The second-order valence-electron chi connectivity index (χ2n) is 6.57. The number of aliphatic hydroxyl groups is 1. The smallest absolute Gasteiger partial charge is 0.236 e. The Labute approximate surface area is 132 Å². The number of aryl methyl sites for hydroxylation is 1. The van der Waals surface area contributed by atoms with Crippen LogP contribution in [0.15, 0.2) is 16.5 Å². The second kappa shape index (κ2) is 7.79. The zero-order valence-corrected chi connectivity index (χ0v) is 13.9. The first-order valence-corrected chi connectivity index (χ1v) is 8.11. The predicted octanol–water partition coefficient (Wildman–Crippen LogP) is 2.03. The van der Waals surface area contributed by atoms with Crippen molar-refractivity contribution in [2.75, 3.05) is 27.2 Å². The number of hydrogen-bond donors (Lipinski definition) is 1. The number of rotatable bonds is 6. The zero-order valence-electron chi connectivity index (χ0n) is 13.9. The van der Waals surface area contributed by atoms with Gasteiger partial charge in [0.1, 0.15) is 11.5 Å². The SMILES string of the molecule is Cc1ccc(CN(C)C(=O)CN(C)CC2CCCCC2O)o1. The van der Waals surface area contributed by atoms with Crippen molar-refractivity contribution in [1.29, 1.82) is 0 Å². The highest BCUT2D eigenvalue weighted by Gasteiger charge is 2.25. The van der Waals surface area contributed by atoms with Gasteiger partial charge in [0.2, 0.25) is 5.91 Å². The van der Waals surface area contributed by atoms with E-state index in [2.05, 4.69) is 0 Å². The molecule has 0 aromatic carbocycles. The van der Waals surface area contributed by atoms with Crippen LogP contribution in [0.2, 0.25) is 0 Å². The summed E-state index contributed by atoms with van der Waals surface area (Å²) in [7, 11) is 3.74. The van der Waals surface area contributed by atoms with Gasteiger partial charge in [0.25, 0.3) is 0 Å². The van der Waals surface area contributed by atoms with Gasteiger partial charge in [-0.25, -0.2) is 0 Å². The molecule has 0 aliphatic heterocycles. The van der Waals surface area contributed by atoms with Crippen LogP contribution >= 0.6 is 0 Å². The van der Waals surface area contributed by atoms with E-state index in [4.69, 9.17) is 4.42 Å². The predicted molar refractivity (Wildman–Crippen MR) is 85.4 cm³/mol. The summed E-state index contributed by atoms with van der Waals surface area (Å²) in [5.74, 6) is 2.03. The van der Waals surface area contributed by atoms with Crippen LogP contribution in [0.25, 0.3) is 0 Å². The van der Waals surface area contributed by atoms with Gasteiger partial charge < -0.3 is 14.4 Å². The summed E-state index contributed by atoms with van der Waals surface area (Å²) >= 11 is 0. The van der Waals surface area contributed by atoms with E-state index in [-0.39, 0.29) is 12.0 Å². The first-order chi connectivity index (χ1) is 10.5.